The Hall–Kier alpha value is -2.94. The average Bonchev–Trinajstić information content (AvgIpc) is 2.61. The van der Waals surface area contributed by atoms with Gasteiger partial charge >= 0.3 is 0 Å². The van der Waals surface area contributed by atoms with Crippen LogP contribution in [0.15, 0.2) is 18.2 Å². The van der Waals surface area contributed by atoms with Gasteiger partial charge in [-0.05, 0) is 26.0 Å². The second kappa shape index (κ2) is 9.13. The van der Waals surface area contributed by atoms with E-state index >= 15 is 0 Å². The van der Waals surface area contributed by atoms with E-state index in [4.69, 9.17) is 10.5 Å². The second-order valence-electron chi connectivity index (χ2n) is 6.09. The Morgan fingerprint density at radius 2 is 2.04 bits per heavy atom. The normalized spacial score (nSPS) is 10.4. The lowest BCUT2D eigenvalue weighted by atomic mass is 10.2. The van der Waals surface area contributed by atoms with Crippen LogP contribution in [-0.2, 0) is 0 Å². The van der Waals surface area contributed by atoms with Gasteiger partial charge in [0.1, 0.15) is 11.6 Å². The van der Waals surface area contributed by atoms with Gasteiger partial charge < -0.3 is 26.0 Å². The maximum atomic E-state index is 14.0. The minimum absolute atomic E-state index is 0.121. The summed E-state index contributed by atoms with van der Waals surface area (Å²) in [6.45, 7) is 2.64. The maximum absolute atomic E-state index is 14.0. The van der Waals surface area contributed by atoms with Crippen LogP contribution in [0.5, 0.6) is 5.75 Å². The number of nitrogens with two attached hydrogens (primary N) is 1. The van der Waals surface area contributed by atoms with Crippen molar-refractivity contribution in [1.82, 2.24) is 15.3 Å². The Bertz CT molecular complexity index is 813. The molecular weight excluding hydrogens is 351 g/mol. The van der Waals surface area contributed by atoms with E-state index in [2.05, 4.69) is 20.6 Å². The van der Waals surface area contributed by atoms with Crippen LogP contribution in [0.1, 0.15) is 22.6 Å². The van der Waals surface area contributed by atoms with Crippen LogP contribution in [-0.4, -0.2) is 50.2 Å². The molecule has 0 fully saturated rings. The van der Waals surface area contributed by atoms with Gasteiger partial charge in [0.15, 0.2) is 17.3 Å². The molecule has 0 radical (unpaired) electrons. The Kier molecular flexibility index (Phi) is 6.89. The molecule has 146 valence electrons. The highest BCUT2D eigenvalue weighted by molar-refractivity contribution is 5.97. The summed E-state index contributed by atoms with van der Waals surface area (Å²) in [5.74, 6) is 0.315. The number of nitrogens with one attached hydrogen (secondary N) is 2. The van der Waals surface area contributed by atoms with Crippen molar-refractivity contribution in [3.63, 3.8) is 0 Å². The molecule has 0 unspecified atom stereocenters. The molecule has 8 nitrogen and oxygen atoms in total. The fourth-order valence-corrected chi connectivity index (χ4v) is 2.43. The minimum atomic E-state index is -0.475. The van der Waals surface area contributed by atoms with E-state index in [-0.39, 0.29) is 11.5 Å². The molecule has 2 rings (SSSR count). The molecule has 1 amide bonds. The van der Waals surface area contributed by atoms with Gasteiger partial charge in [-0.25, -0.2) is 14.4 Å². The first-order valence-electron chi connectivity index (χ1n) is 8.54. The maximum Gasteiger partial charge on any atom is 0.273 e. The van der Waals surface area contributed by atoms with Gasteiger partial charge in [0.2, 0.25) is 0 Å². The van der Waals surface area contributed by atoms with Crippen molar-refractivity contribution < 1.29 is 13.9 Å². The van der Waals surface area contributed by atoms with E-state index in [9.17, 15) is 9.18 Å². The molecule has 0 aliphatic heterocycles. The summed E-state index contributed by atoms with van der Waals surface area (Å²) in [4.78, 5) is 22.8. The van der Waals surface area contributed by atoms with E-state index in [0.717, 1.165) is 0 Å². The molecule has 1 heterocycles. The Balaban J connectivity index is 2.40. The van der Waals surface area contributed by atoms with E-state index < -0.39 is 11.7 Å². The van der Waals surface area contributed by atoms with Crippen LogP contribution < -0.4 is 26.0 Å². The van der Waals surface area contributed by atoms with Gasteiger partial charge in [-0.1, -0.05) is 0 Å². The van der Waals surface area contributed by atoms with E-state index in [1.165, 1.54) is 19.2 Å². The number of carbonyl (C=O) groups excluding carboxylic acids is 1. The summed E-state index contributed by atoms with van der Waals surface area (Å²) in [7, 11) is 5.16. The lowest BCUT2D eigenvalue weighted by Gasteiger charge is -2.18. The molecule has 0 atom stereocenters. The van der Waals surface area contributed by atoms with Crippen LogP contribution in [0.2, 0.25) is 0 Å². The fraction of sp³-hybridized carbons (Fsp3) is 0.389. The third-order valence-electron chi connectivity index (χ3n) is 3.66. The van der Waals surface area contributed by atoms with Crippen molar-refractivity contribution in [3.05, 3.63) is 35.4 Å². The Morgan fingerprint density at radius 1 is 1.30 bits per heavy atom. The number of hydrogen-bond donors (Lipinski definition) is 3. The smallest absolute Gasteiger partial charge is 0.273 e. The zero-order valence-corrected chi connectivity index (χ0v) is 16.0. The molecule has 0 spiro atoms. The van der Waals surface area contributed by atoms with Crippen LogP contribution >= 0.6 is 0 Å². The van der Waals surface area contributed by atoms with E-state index in [0.29, 0.717) is 42.5 Å². The molecule has 0 aliphatic rings. The van der Waals surface area contributed by atoms with Crippen LogP contribution in [0, 0.1) is 12.7 Å². The number of carbonyl (C=O) groups is 1. The fourth-order valence-electron chi connectivity index (χ4n) is 2.43. The molecule has 0 aliphatic carbocycles. The van der Waals surface area contributed by atoms with Gasteiger partial charge in [-0.3, -0.25) is 4.79 Å². The molecule has 4 N–H and O–H groups in total. The number of hydrogen-bond acceptors (Lipinski definition) is 7. The van der Waals surface area contributed by atoms with Crippen molar-refractivity contribution in [1.29, 1.82) is 0 Å². The minimum Gasteiger partial charge on any atom is -0.493 e. The van der Waals surface area contributed by atoms with Crippen LogP contribution in [0.3, 0.4) is 0 Å². The SMILES string of the molecule is CNC(=O)c1nc(C)c(N(C)C)nc1Nc1cc(F)cc(OCCCN)c1. The summed E-state index contributed by atoms with van der Waals surface area (Å²) in [6, 6.07) is 4.21. The molecular formula is C18H25FN6O2. The van der Waals surface area contributed by atoms with Gasteiger partial charge in [0, 0.05) is 39.0 Å². The Labute approximate surface area is 157 Å². The Morgan fingerprint density at radius 3 is 2.67 bits per heavy atom. The number of nitrogens with zero attached hydrogens (tertiary/aromatic N) is 3. The number of aryl methyl sites for hydroxylation is 1. The number of benzene rings is 1. The van der Waals surface area contributed by atoms with Crippen molar-refractivity contribution in [2.45, 2.75) is 13.3 Å². The van der Waals surface area contributed by atoms with E-state index in [1.54, 1.807) is 17.9 Å². The van der Waals surface area contributed by atoms with Gasteiger partial charge in [-0.15, -0.1) is 0 Å². The van der Waals surface area contributed by atoms with Crippen molar-refractivity contribution in [2.24, 2.45) is 5.73 Å². The number of amides is 1. The number of anilines is 3. The summed E-state index contributed by atoms with van der Waals surface area (Å²) >= 11 is 0. The molecule has 27 heavy (non-hydrogen) atoms. The highest BCUT2D eigenvalue weighted by atomic mass is 19.1. The molecule has 2 aromatic rings. The molecule has 1 aromatic heterocycles. The summed E-state index contributed by atoms with van der Waals surface area (Å²) < 4.78 is 19.5. The number of rotatable bonds is 8. The lowest BCUT2D eigenvalue weighted by Crippen LogP contribution is -2.23. The summed E-state index contributed by atoms with van der Waals surface area (Å²) in [6.07, 6.45) is 0.662. The van der Waals surface area contributed by atoms with Gasteiger partial charge in [-0.2, -0.15) is 0 Å². The third-order valence-corrected chi connectivity index (χ3v) is 3.66. The average molecular weight is 376 g/mol. The second-order valence-corrected chi connectivity index (χ2v) is 6.09. The monoisotopic (exact) mass is 376 g/mol. The van der Waals surface area contributed by atoms with Crippen LogP contribution in [0.25, 0.3) is 0 Å². The molecule has 1 aromatic carbocycles. The van der Waals surface area contributed by atoms with Crippen LogP contribution in [0.4, 0.5) is 21.7 Å². The zero-order chi connectivity index (χ0) is 20.0. The van der Waals surface area contributed by atoms with Gasteiger partial charge in [0.05, 0.1) is 12.3 Å². The molecule has 0 bridgehead atoms. The quantitative estimate of drug-likeness (QED) is 0.604. The first-order chi connectivity index (χ1) is 12.8. The summed E-state index contributed by atoms with van der Waals surface area (Å²) in [5, 5.41) is 5.51. The molecule has 0 saturated heterocycles. The number of ether oxygens (including phenoxy) is 1. The van der Waals surface area contributed by atoms with Crippen molar-refractivity contribution in [3.8, 4) is 5.75 Å². The first-order valence-corrected chi connectivity index (χ1v) is 8.54. The topological polar surface area (TPSA) is 105 Å². The predicted octanol–water partition coefficient (Wildman–Crippen LogP) is 1.82. The molecule has 9 heteroatoms. The number of aromatic nitrogens is 2. The largest absolute Gasteiger partial charge is 0.493 e. The third kappa shape index (κ3) is 5.27. The van der Waals surface area contributed by atoms with Crippen molar-refractivity contribution >= 4 is 23.2 Å². The van der Waals surface area contributed by atoms with Gasteiger partial charge in [0.25, 0.3) is 5.91 Å². The highest BCUT2D eigenvalue weighted by Gasteiger charge is 2.18. The number of halogens is 1. The highest BCUT2D eigenvalue weighted by Crippen LogP contribution is 2.26. The van der Waals surface area contributed by atoms with Crippen molar-refractivity contribution in [2.75, 3.05) is 44.5 Å². The standard InChI is InChI=1S/C18H25FN6O2/c1-11-17(25(3)4)24-16(15(22-11)18(26)21-2)23-13-8-12(19)9-14(10-13)27-7-5-6-20/h8-10H,5-7,20H2,1-4H3,(H,21,26)(H,23,24). The predicted molar refractivity (Wildman–Crippen MR) is 103 cm³/mol. The first kappa shape index (κ1) is 20.4. The zero-order valence-electron chi connectivity index (χ0n) is 16.0. The lowest BCUT2D eigenvalue weighted by molar-refractivity contribution is 0.0958. The summed E-state index contributed by atoms with van der Waals surface area (Å²) in [5.41, 5.74) is 6.56. The van der Waals surface area contributed by atoms with E-state index in [1.807, 2.05) is 14.1 Å². The molecule has 0 saturated carbocycles.